The molecule has 1 aromatic carbocycles. The number of hydrogen-bond acceptors (Lipinski definition) is 7. The summed E-state index contributed by atoms with van der Waals surface area (Å²) in [5.41, 5.74) is 1.05. The van der Waals surface area contributed by atoms with Crippen LogP contribution in [0.1, 0.15) is 38.1 Å². The summed E-state index contributed by atoms with van der Waals surface area (Å²) in [5, 5.41) is 10.4. The fourth-order valence-electron chi connectivity index (χ4n) is 3.94. The van der Waals surface area contributed by atoms with Crippen LogP contribution in [0, 0.1) is 12.8 Å². The van der Waals surface area contributed by atoms with E-state index in [0.29, 0.717) is 29.7 Å². The van der Waals surface area contributed by atoms with Crippen LogP contribution in [0.2, 0.25) is 0 Å². The fourth-order valence-corrected chi connectivity index (χ4v) is 3.94. The molecular weight excluding hydrogens is 360 g/mol. The molecule has 152 valence electrons. The minimum absolute atomic E-state index is 0.183. The number of oxazole rings is 1. The second kappa shape index (κ2) is 7.29. The standard InChI is InChI=1S/C21H28N2O5/c1-13-16(11-23-7-5-6-15(10-23)21(2,3)24)22-20(28-13)14-8-17(25-4)19-18(9-14)26-12-27-19/h8-9,15,24H,5-7,10-12H2,1-4H3/t15-/m1/s1. The van der Waals surface area contributed by atoms with E-state index in [9.17, 15) is 5.11 Å². The van der Waals surface area contributed by atoms with Gasteiger partial charge in [0, 0.05) is 18.7 Å². The third-order valence-corrected chi connectivity index (χ3v) is 5.68. The lowest BCUT2D eigenvalue weighted by Gasteiger charge is -2.38. The van der Waals surface area contributed by atoms with E-state index >= 15 is 0 Å². The maximum Gasteiger partial charge on any atom is 0.231 e. The molecule has 2 aromatic rings. The van der Waals surface area contributed by atoms with Crippen molar-refractivity contribution in [2.24, 2.45) is 5.92 Å². The van der Waals surface area contributed by atoms with Gasteiger partial charge in [0.05, 0.1) is 18.4 Å². The summed E-state index contributed by atoms with van der Waals surface area (Å²) in [6.45, 7) is 8.50. The van der Waals surface area contributed by atoms with Crippen molar-refractivity contribution in [3.05, 3.63) is 23.6 Å². The van der Waals surface area contributed by atoms with Gasteiger partial charge in [-0.15, -0.1) is 0 Å². The lowest BCUT2D eigenvalue weighted by molar-refractivity contribution is -0.0200. The van der Waals surface area contributed by atoms with Gasteiger partial charge < -0.3 is 23.7 Å². The van der Waals surface area contributed by atoms with Crippen molar-refractivity contribution in [3.8, 4) is 28.7 Å². The van der Waals surface area contributed by atoms with Gasteiger partial charge in [0.15, 0.2) is 11.5 Å². The molecule has 0 aliphatic carbocycles. The van der Waals surface area contributed by atoms with E-state index in [1.165, 1.54) is 0 Å². The number of likely N-dealkylation sites (tertiary alicyclic amines) is 1. The van der Waals surface area contributed by atoms with Crippen molar-refractivity contribution in [2.75, 3.05) is 27.0 Å². The van der Waals surface area contributed by atoms with Crippen LogP contribution in [0.4, 0.5) is 0 Å². The van der Waals surface area contributed by atoms with Gasteiger partial charge in [0.25, 0.3) is 0 Å². The number of aromatic nitrogens is 1. The van der Waals surface area contributed by atoms with E-state index in [4.69, 9.17) is 23.6 Å². The Kier molecular flexibility index (Phi) is 4.97. The van der Waals surface area contributed by atoms with E-state index in [1.807, 2.05) is 32.9 Å². The maximum absolute atomic E-state index is 10.4. The third-order valence-electron chi connectivity index (χ3n) is 5.68. The number of benzene rings is 1. The van der Waals surface area contributed by atoms with Crippen LogP contribution in [-0.2, 0) is 6.54 Å². The van der Waals surface area contributed by atoms with Crippen LogP contribution < -0.4 is 14.2 Å². The van der Waals surface area contributed by atoms with E-state index < -0.39 is 5.60 Å². The van der Waals surface area contributed by atoms with Crippen LogP contribution in [0.15, 0.2) is 16.5 Å². The number of fused-ring (bicyclic) bond motifs is 1. The first-order valence-corrected chi connectivity index (χ1v) is 9.74. The lowest BCUT2D eigenvalue weighted by Crippen LogP contribution is -2.44. The number of ether oxygens (including phenoxy) is 3. The molecule has 0 radical (unpaired) electrons. The first-order valence-electron chi connectivity index (χ1n) is 9.74. The van der Waals surface area contributed by atoms with E-state index in [1.54, 1.807) is 7.11 Å². The minimum atomic E-state index is -0.661. The molecule has 1 atom stereocenters. The van der Waals surface area contributed by atoms with Gasteiger partial charge in [-0.05, 0) is 58.2 Å². The van der Waals surface area contributed by atoms with Crippen molar-refractivity contribution in [3.63, 3.8) is 0 Å². The first-order chi connectivity index (χ1) is 13.3. The molecule has 4 rings (SSSR count). The Labute approximate surface area is 165 Å². The number of rotatable bonds is 5. The normalized spacial score (nSPS) is 19.8. The molecule has 0 amide bonds. The molecule has 1 fully saturated rings. The number of methoxy groups -OCH3 is 1. The SMILES string of the molecule is COc1cc(-c2nc(CN3CCC[C@@H](C(C)(C)O)C3)c(C)o2)cc2c1OCO2. The molecule has 2 aliphatic rings. The van der Waals surface area contributed by atoms with Crippen molar-refractivity contribution in [1.29, 1.82) is 0 Å². The Hall–Kier alpha value is -2.25. The van der Waals surface area contributed by atoms with Gasteiger partial charge in [0.2, 0.25) is 18.4 Å². The fraction of sp³-hybridized carbons (Fsp3) is 0.571. The van der Waals surface area contributed by atoms with Crippen molar-refractivity contribution < 1.29 is 23.7 Å². The monoisotopic (exact) mass is 388 g/mol. The molecule has 1 aromatic heterocycles. The summed E-state index contributed by atoms with van der Waals surface area (Å²) in [6, 6.07) is 3.72. The molecule has 7 nitrogen and oxygen atoms in total. The second-order valence-electron chi connectivity index (χ2n) is 8.16. The number of piperidine rings is 1. The van der Waals surface area contributed by atoms with Gasteiger partial charge in [0.1, 0.15) is 5.76 Å². The van der Waals surface area contributed by atoms with Gasteiger partial charge >= 0.3 is 0 Å². The smallest absolute Gasteiger partial charge is 0.231 e. The zero-order valence-corrected chi connectivity index (χ0v) is 16.9. The summed E-state index contributed by atoms with van der Waals surface area (Å²) < 4.78 is 22.3. The predicted molar refractivity (Wildman–Crippen MR) is 104 cm³/mol. The molecule has 0 bridgehead atoms. The molecule has 0 saturated carbocycles. The number of aliphatic hydroxyl groups is 1. The van der Waals surface area contributed by atoms with E-state index in [2.05, 4.69) is 4.90 Å². The first kappa shape index (κ1) is 19.1. The van der Waals surface area contributed by atoms with Crippen LogP contribution in [0.5, 0.6) is 17.2 Å². The molecule has 2 aliphatic heterocycles. The number of aryl methyl sites for hydroxylation is 1. The van der Waals surface area contributed by atoms with Crippen LogP contribution in [0.3, 0.4) is 0 Å². The molecule has 0 spiro atoms. The van der Waals surface area contributed by atoms with Gasteiger partial charge in [-0.3, -0.25) is 4.90 Å². The molecule has 1 saturated heterocycles. The molecule has 28 heavy (non-hydrogen) atoms. The van der Waals surface area contributed by atoms with Gasteiger partial charge in [-0.2, -0.15) is 0 Å². The Morgan fingerprint density at radius 3 is 2.89 bits per heavy atom. The van der Waals surface area contributed by atoms with Crippen molar-refractivity contribution in [2.45, 2.75) is 45.8 Å². The summed E-state index contributed by atoms with van der Waals surface area (Å²) in [7, 11) is 1.60. The Bertz CT molecular complexity index is 855. The molecular formula is C21H28N2O5. The topological polar surface area (TPSA) is 77.2 Å². The highest BCUT2D eigenvalue weighted by atomic mass is 16.7. The summed E-state index contributed by atoms with van der Waals surface area (Å²) >= 11 is 0. The maximum atomic E-state index is 10.4. The van der Waals surface area contributed by atoms with Crippen molar-refractivity contribution >= 4 is 0 Å². The Balaban J connectivity index is 1.55. The average molecular weight is 388 g/mol. The average Bonchev–Trinajstić information content (AvgIpc) is 3.27. The molecule has 0 unspecified atom stereocenters. The zero-order chi connectivity index (χ0) is 19.9. The lowest BCUT2D eigenvalue weighted by atomic mass is 9.84. The van der Waals surface area contributed by atoms with E-state index in [-0.39, 0.29) is 12.7 Å². The predicted octanol–water partition coefficient (Wildman–Crippen LogP) is 3.37. The van der Waals surface area contributed by atoms with Crippen LogP contribution in [-0.4, -0.2) is 47.6 Å². The number of hydrogen-bond donors (Lipinski definition) is 1. The highest BCUT2D eigenvalue weighted by molar-refractivity contribution is 5.66. The second-order valence-corrected chi connectivity index (χ2v) is 8.16. The number of nitrogens with zero attached hydrogens (tertiary/aromatic N) is 2. The van der Waals surface area contributed by atoms with Gasteiger partial charge in [-0.1, -0.05) is 0 Å². The van der Waals surface area contributed by atoms with Crippen LogP contribution >= 0.6 is 0 Å². The largest absolute Gasteiger partial charge is 0.493 e. The highest BCUT2D eigenvalue weighted by Crippen LogP contribution is 2.44. The quantitative estimate of drug-likeness (QED) is 0.841. The summed E-state index contributed by atoms with van der Waals surface area (Å²) in [5.74, 6) is 3.46. The molecule has 3 heterocycles. The van der Waals surface area contributed by atoms with Crippen molar-refractivity contribution in [1.82, 2.24) is 9.88 Å². The Morgan fingerprint density at radius 2 is 2.14 bits per heavy atom. The summed E-state index contributed by atoms with van der Waals surface area (Å²) in [4.78, 5) is 7.09. The third kappa shape index (κ3) is 3.69. The molecule has 1 N–H and O–H groups in total. The summed E-state index contributed by atoms with van der Waals surface area (Å²) in [6.07, 6.45) is 2.14. The zero-order valence-electron chi connectivity index (χ0n) is 16.9. The van der Waals surface area contributed by atoms with Crippen LogP contribution in [0.25, 0.3) is 11.5 Å². The highest BCUT2D eigenvalue weighted by Gasteiger charge is 2.32. The van der Waals surface area contributed by atoms with Gasteiger partial charge in [-0.25, -0.2) is 4.98 Å². The Morgan fingerprint density at radius 1 is 1.32 bits per heavy atom. The minimum Gasteiger partial charge on any atom is -0.493 e. The van der Waals surface area contributed by atoms with E-state index in [0.717, 1.165) is 42.9 Å². The molecule has 7 heteroatoms.